The molecule has 19 heavy (non-hydrogen) atoms. The molecule has 0 aromatic rings. The van der Waals surface area contributed by atoms with Crippen LogP contribution in [0.4, 0.5) is 0 Å². The lowest BCUT2D eigenvalue weighted by molar-refractivity contribution is -0.153. The molecule has 0 unspecified atom stereocenters. The van der Waals surface area contributed by atoms with Gasteiger partial charge in [-0.05, 0) is 13.8 Å². The molecule has 6 heteroatoms. The average molecular weight is 286 g/mol. The molecule has 0 bridgehead atoms. The Morgan fingerprint density at radius 2 is 1.68 bits per heavy atom. The van der Waals surface area contributed by atoms with E-state index < -0.39 is 17.7 Å². The van der Waals surface area contributed by atoms with Gasteiger partial charge in [0.25, 0.3) is 0 Å². The van der Waals surface area contributed by atoms with Crippen molar-refractivity contribution in [3.05, 3.63) is 23.6 Å². The van der Waals surface area contributed by atoms with E-state index in [1.165, 1.54) is 17.8 Å². The smallest absolute Gasteiger partial charge is 0.374 e. The summed E-state index contributed by atoms with van der Waals surface area (Å²) in [5, 5.41) is 0. The second kappa shape index (κ2) is 10.4. The van der Waals surface area contributed by atoms with E-state index in [0.29, 0.717) is 10.7 Å². The van der Waals surface area contributed by atoms with Crippen LogP contribution in [-0.2, 0) is 23.9 Å². The number of carbonyl (C=O) groups excluding carboxylic acids is 3. The molecule has 0 aliphatic rings. The molecule has 5 nitrogen and oxygen atoms in total. The summed E-state index contributed by atoms with van der Waals surface area (Å²) in [6.07, 6.45) is 2.83. The number of thioether (sulfide) groups is 1. The second-order valence-electron chi connectivity index (χ2n) is 3.24. The fourth-order valence-electron chi connectivity index (χ4n) is 1.03. The van der Waals surface area contributed by atoms with Crippen LogP contribution in [0, 0.1) is 0 Å². The second-order valence-corrected chi connectivity index (χ2v) is 4.30. The maximum absolute atomic E-state index is 11.6. The average Bonchev–Trinajstić information content (AvgIpc) is 2.39. The fourth-order valence-corrected chi connectivity index (χ4v) is 1.71. The Morgan fingerprint density at radius 3 is 2.21 bits per heavy atom. The van der Waals surface area contributed by atoms with E-state index in [4.69, 9.17) is 4.74 Å². The molecular weight excluding hydrogens is 268 g/mol. The first-order chi connectivity index (χ1) is 9.06. The quantitative estimate of drug-likeness (QED) is 0.279. The van der Waals surface area contributed by atoms with Gasteiger partial charge in [-0.15, -0.1) is 18.3 Å². The third-order valence-corrected chi connectivity index (χ3v) is 2.86. The molecule has 0 aromatic carbocycles. The van der Waals surface area contributed by atoms with E-state index >= 15 is 0 Å². The van der Waals surface area contributed by atoms with Crippen LogP contribution in [0.1, 0.15) is 20.3 Å². The summed E-state index contributed by atoms with van der Waals surface area (Å²) in [6.45, 7) is 7.24. The van der Waals surface area contributed by atoms with Crippen molar-refractivity contribution >= 4 is 29.5 Å². The Hall–Kier alpha value is -1.56. The summed E-state index contributed by atoms with van der Waals surface area (Å²) in [7, 11) is 0. The number of ketones is 1. The van der Waals surface area contributed by atoms with Crippen LogP contribution in [0.5, 0.6) is 0 Å². The van der Waals surface area contributed by atoms with E-state index in [9.17, 15) is 14.4 Å². The number of ether oxygens (including phenoxy) is 2. The molecule has 0 heterocycles. The number of allylic oxidation sites excluding steroid dienone is 1. The largest absolute Gasteiger partial charge is 0.462 e. The number of esters is 2. The van der Waals surface area contributed by atoms with Crippen molar-refractivity contribution in [1.29, 1.82) is 0 Å². The fraction of sp³-hybridized carbons (Fsp3) is 0.462. The van der Waals surface area contributed by atoms with E-state index in [1.54, 1.807) is 19.9 Å². The topological polar surface area (TPSA) is 69.7 Å². The van der Waals surface area contributed by atoms with Crippen LogP contribution in [0.2, 0.25) is 0 Å². The number of Topliss-reactive ketones (excluding diaryl/α,β-unsaturated/α-hetero) is 1. The van der Waals surface area contributed by atoms with Crippen molar-refractivity contribution in [1.82, 2.24) is 0 Å². The molecule has 0 saturated carbocycles. The first-order valence-corrected chi connectivity index (χ1v) is 6.86. The van der Waals surface area contributed by atoms with Crippen LogP contribution >= 0.6 is 11.8 Å². The molecule has 0 aromatic heterocycles. The summed E-state index contributed by atoms with van der Waals surface area (Å²) in [5.41, 5.74) is 0. The first kappa shape index (κ1) is 17.4. The van der Waals surface area contributed by atoms with Gasteiger partial charge >= 0.3 is 11.9 Å². The lowest BCUT2D eigenvalue weighted by Crippen LogP contribution is -2.16. The number of hydrogen-bond acceptors (Lipinski definition) is 6. The van der Waals surface area contributed by atoms with Gasteiger partial charge in [-0.3, -0.25) is 4.79 Å². The minimum atomic E-state index is -0.893. The van der Waals surface area contributed by atoms with Crippen molar-refractivity contribution in [2.24, 2.45) is 0 Å². The van der Waals surface area contributed by atoms with Gasteiger partial charge < -0.3 is 9.47 Å². The van der Waals surface area contributed by atoms with Crippen molar-refractivity contribution in [3.63, 3.8) is 0 Å². The summed E-state index contributed by atoms with van der Waals surface area (Å²) in [5.74, 6) is -1.58. The normalized spacial score (nSPS) is 10.7. The Kier molecular flexibility index (Phi) is 9.52. The molecule has 0 radical (unpaired) electrons. The van der Waals surface area contributed by atoms with Gasteiger partial charge in [0.2, 0.25) is 5.78 Å². The highest BCUT2D eigenvalue weighted by Gasteiger charge is 2.16. The third kappa shape index (κ3) is 7.46. The summed E-state index contributed by atoms with van der Waals surface area (Å²) in [6, 6.07) is 0. The van der Waals surface area contributed by atoms with Gasteiger partial charge in [0.15, 0.2) is 0 Å². The monoisotopic (exact) mass is 286 g/mol. The van der Waals surface area contributed by atoms with Crippen molar-refractivity contribution < 1.29 is 23.9 Å². The van der Waals surface area contributed by atoms with Gasteiger partial charge in [0.05, 0.1) is 18.1 Å². The minimum absolute atomic E-state index is 0.143. The molecule has 0 saturated heterocycles. The van der Waals surface area contributed by atoms with Gasteiger partial charge in [0, 0.05) is 12.2 Å². The zero-order valence-corrected chi connectivity index (χ0v) is 12.0. The predicted molar refractivity (Wildman–Crippen MR) is 73.6 cm³/mol. The van der Waals surface area contributed by atoms with Crippen molar-refractivity contribution in [2.45, 2.75) is 20.3 Å². The lowest BCUT2D eigenvalue weighted by atomic mass is 10.2. The lowest BCUT2D eigenvalue weighted by Gasteiger charge is -2.05. The highest BCUT2D eigenvalue weighted by molar-refractivity contribution is 8.04. The molecule has 0 rings (SSSR count). The molecule has 106 valence electrons. The number of rotatable bonds is 9. The zero-order chi connectivity index (χ0) is 14.7. The number of carbonyl (C=O) groups is 3. The van der Waals surface area contributed by atoms with Crippen molar-refractivity contribution in [2.75, 3.05) is 19.0 Å². The minimum Gasteiger partial charge on any atom is -0.462 e. The van der Waals surface area contributed by atoms with Crippen LogP contribution in [-0.4, -0.2) is 36.7 Å². The maximum Gasteiger partial charge on any atom is 0.374 e. The Morgan fingerprint density at radius 1 is 1.11 bits per heavy atom. The molecule has 0 amide bonds. The number of hydrogen-bond donors (Lipinski definition) is 0. The summed E-state index contributed by atoms with van der Waals surface area (Å²) < 4.78 is 9.42. The maximum atomic E-state index is 11.6. The first-order valence-electron chi connectivity index (χ1n) is 5.87. The van der Waals surface area contributed by atoms with Crippen LogP contribution in [0.25, 0.3) is 0 Å². The van der Waals surface area contributed by atoms with Crippen LogP contribution in [0.15, 0.2) is 23.6 Å². The highest BCUT2D eigenvalue weighted by Crippen LogP contribution is 2.18. The Bertz CT molecular complexity index is 373. The Labute approximate surface area is 117 Å². The molecule has 0 N–H and O–H groups in total. The standard InChI is InChI=1S/C13H18O5S/c1-4-9-19-11(13(16)18-6-3)8-7-10(14)12(15)17-5-2/h4,8H,1,5-7,9H2,2-3H3. The zero-order valence-electron chi connectivity index (χ0n) is 11.1. The highest BCUT2D eigenvalue weighted by atomic mass is 32.2. The van der Waals surface area contributed by atoms with E-state index in [-0.39, 0.29) is 19.6 Å². The molecule has 0 spiro atoms. The van der Waals surface area contributed by atoms with Crippen molar-refractivity contribution in [3.8, 4) is 0 Å². The molecule has 0 atom stereocenters. The summed E-state index contributed by atoms with van der Waals surface area (Å²) >= 11 is 1.20. The molecule has 0 aliphatic heterocycles. The van der Waals surface area contributed by atoms with Crippen LogP contribution in [0.3, 0.4) is 0 Å². The molecule has 0 aliphatic carbocycles. The van der Waals surface area contributed by atoms with Crippen LogP contribution < -0.4 is 0 Å². The SMILES string of the molecule is C=CCSC(=CCC(=O)C(=O)OCC)C(=O)OCC. The van der Waals surface area contributed by atoms with E-state index in [1.807, 2.05) is 0 Å². The van der Waals surface area contributed by atoms with Gasteiger partial charge in [-0.1, -0.05) is 12.2 Å². The molecular formula is C13H18O5S. The van der Waals surface area contributed by atoms with Gasteiger partial charge in [-0.2, -0.15) is 0 Å². The Balaban J connectivity index is 4.61. The third-order valence-electron chi connectivity index (χ3n) is 1.81. The predicted octanol–water partition coefficient (Wildman–Crippen LogP) is 1.87. The van der Waals surface area contributed by atoms with Gasteiger partial charge in [0.1, 0.15) is 0 Å². The van der Waals surface area contributed by atoms with E-state index in [0.717, 1.165) is 0 Å². The molecule has 0 fully saturated rings. The van der Waals surface area contributed by atoms with Gasteiger partial charge in [-0.25, -0.2) is 9.59 Å². The van der Waals surface area contributed by atoms with E-state index in [2.05, 4.69) is 11.3 Å². The summed E-state index contributed by atoms with van der Waals surface area (Å²) in [4.78, 5) is 34.4.